The molecule has 2 heterocycles. The molecular weight excluding hydrogens is 389 g/mol. The van der Waals surface area contributed by atoms with E-state index in [1.165, 1.54) is 12.1 Å². The van der Waals surface area contributed by atoms with E-state index in [4.69, 9.17) is 4.84 Å². The Hall–Kier alpha value is -4.01. The van der Waals surface area contributed by atoms with Gasteiger partial charge in [-0.05, 0) is 42.5 Å². The molecular formula is C21H18FN5O3. The first-order valence-electron chi connectivity index (χ1n) is 9.21. The van der Waals surface area contributed by atoms with E-state index >= 15 is 0 Å². The van der Waals surface area contributed by atoms with Crippen LogP contribution in [0.4, 0.5) is 10.1 Å². The van der Waals surface area contributed by atoms with E-state index in [-0.39, 0.29) is 24.1 Å². The number of nitrogens with one attached hydrogen (secondary N) is 2. The van der Waals surface area contributed by atoms with Crippen molar-refractivity contribution in [3.63, 3.8) is 0 Å². The number of benzene rings is 2. The molecule has 4 rings (SSSR count). The van der Waals surface area contributed by atoms with Crippen LogP contribution >= 0.6 is 0 Å². The quantitative estimate of drug-likeness (QED) is 0.679. The highest BCUT2D eigenvalue weighted by Crippen LogP contribution is 2.20. The number of rotatable bonds is 5. The van der Waals surface area contributed by atoms with Crippen molar-refractivity contribution in [2.75, 3.05) is 12.4 Å². The van der Waals surface area contributed by atoms with Crippen LogP contribution < -0.4 is 10.6 Å². The van der Waals surface area contributed by atoms with Gasteiger partial charge in [0.15, 0.2) is 5.69 Å². The summed E-state index contributed by atoms with van der Waals surface area (Å²) in [5.41, 5.74) is 2.73. The van der Waals surface area contributed by atoms with Gasteiger partial charge in [0, 0.05) is 30.9 Å². The molecule has 3 aromatic rings. The molecule has 0 saturated heterocycles. The summed E-state index contributed by atoms with van der Waals surface area (Å²) < 4.78 is 14.9. The predicted molar refractivity (Wildman–Crippen MR) is 108 cm³/mol. The Morgan fingerprint density at radius 3 is 2.70 bits per heavy atom. The van der Waals surface area contributed by atoms with E-state index in [9.17, 15) is 14.0 Å². The number of halogens is 1. The van der Waals surface area contributed by atoms with Gasteiger partial charge in [0.05, 0.1) is 11.4 Å². The largest absolute Gasteiger partial charge is 0.382 e. The van der Waals surface area contributed by atoms with Crippen molar-refractivity contribution in [1.82, 2.24) is 15.1 Å². The van der Waals surface area contributed by atoms with Crippen LogP contribution in [0.1, 0.15) is 22.5 Å². The van der Waals surface area contributed by atoms with Crippen LogP contribution in [0.2, 0.25) is 0 Å². The summed E-state index contributed by atoms with van der Waals surface area (Å²) in [5, 5.41) is 13.4. The zero-order valence-electron chi connectivity index (χ0n) is 16.0. The maximum atomic E-state index is 13.4. The summed E-state index contributed by atoms with van der Waals surface area (Å²) in [7, 11) is 1.54. The molecule has 1 aliphatic heterocycles. The van der Waals surface area contributed by atoms with Gasteiger partial charge in [-0.2, -0.15) is 5.10 Å². The monoisotopic (exact) mass is 407 g/mol. The summed E-state index contributed by atoms with van der Waals surface area (Å²) in [5.74, 6) is -0.990. The van der Waals surface area contributed by atoms with Gasteiger partial charge < -0.3 is 15.5 Å². The molecule has 30 heavy (non-hydrogen) atoms. The molecule has 1 aliphatic rings. The van der Waals surface area contributed by atoms with E-state index in [1.807, 2.05) is 0 Å². The molecule has 0 saturated carbocycles. The molecule has 2 aromatic carbocycles. The van der Waals surface area contributed by atoms with Crippen LogP contribution in [0.3, 0.4) is 0 Å². The Kier molecular flexibility index (Phi) is 5.25. The van der Waals surface area contributed by atoms with Crippen LogP contribution in [0.5, 0.6) is 0 Å². The third-order valence-electron chi connectivity index (χ3n) is 4.57. The fourth-order valence-corrected chi connectivity index (χ4v) is 2.99. The highest BCUT2D eigenvalue weighted by Gasteiger charge is 2.29. The zero-order valence-corrected chi connectivity index (χ0v) is 16.0. The number of aromatic nitrogens is 2. The van der Waals surface area contributed by atoms with Crippen LogP contribution in [0.25, 0.3) is 5.69 Å². The second-order valence-electron chi connectivity index (χ2n) is 6.61. The van der Waals surface area contributed by atoms with Crippen molar-refractivity contribution >= 4 is 23.2 Å². The molecule has 0 spiro atoms. The molecule has 9 heteroatoms. The topological polar surface area (TPSA) is 97.6 Å². The average Bonchev–Trinajstić information content (AvgIpc) is 3.44. The van der Waals surface area contributed by atoms with Gasteiger partial charge in [-0.15, -0.1) is 0 Å². The van der Waals surface area contributed by atoms with Crippen LogP contribution in [0.15, 0.2) is 65.9 Å². The van der Waals surface area contributed by atoms with Crippen LogP contribution in [-0.4, -0.2) is 40.5 Å². The van der Waals surface area contributed by atoms with E-state index in [0.29, 0.717) is 22.7 Å². The fourth-order valence-electron chi connectivity index (χ4n) is 2.99. The second-order valence-corrected chi connectivity index (χ2v) is 6.61. The number of carbonyl (C=O) groups is 2. The number of carbonyl (C=O) groups excluding carboxylic acids is 2. The molecule has 0 bridgehead atoms. The van der Waals surface area contributed by atoms with E-state index < -0.39 is 6.10 Å². The summed E-state index contributed by atoms with van der Waals surface area (Å²) in [4.78, 5) is 29.3. The van der Waals surface area contributed by atoms with Crippen molar-refractivity contribution in [3.8, 4) is 5.69 Å². The summed E-state index contributed by atoms with van der Waals surface area (Å²) >= 11 is 0. The second kappa shape index (κ2) is 8.16. The maximum Gasteiger partial charge on any atom is 0.271 e. The Labute approximate surface area is 171 Å². The maximum absolute atomic E-state index is 13.4. The lowest BCUT2D eigenvalue weighted by atomic mass is 10.0. The Morgan fingerprint density at radius 2 is 1.97 bits per heavy atom. The number of oxime groups is 1. The SMILES string of the molecule is CNC(=O)c1ccn(-c2ccc(NC(=O)[C@H]3CC(c4cccc(F)c4)=NO3)cc2)n1. The minimum Gasteiger partial charge on any atom is -0.382 e. The highest BCUT2D eigenvalue weighted by atomic mass is 19.1. The molecule has 2 amide bonds. The molecule has 2 N–H and O–H groups in total. The fraction of sp³-hybridized carbons (Fsp3) is 0.143. The van der Waals surface area contributed by atoms with E-state index in [1.54, 1.807) is 60.4 Å². The number of hydrogen-bond donors (Lipinski definition) is 2. The number of hydrogen-bond acceptors (Lipinski definition) is 5. The van der Waals surface area contributed by atoms with Crippen molar-refractivity contribution in [1.29, 1.82) is 0 Å². The summed E-state index contributed by atoms with van der Waals surface area (Å²) in [6, 6.07) is 14.6. The Bertz CT molecular complexity index is 1120. The van der Waals surface area contributed by atoms with E-state index in [2.05, 4.69) is 20.9 Å². The number of anilines is 1. The van der Waals surface area contributed by atoms with Crippen LogP contribution in [0, 0.1) is 5.82 Å². The molecule has 8 nitrogen and oxygen atoms in total. The van der Waals surface area contributed by atoms with Gasteiger partial charge in [0.2, 0.25) is 6.10 Å². The molecule has 0 unspecified atom stereocenters. The number of amides is 2. The van der Waals surface area contributed by atoms with Crippen molar-refractivity contribution in [2.24, 2.45) is 5.16 Å². The van der Waals surface area contributed by atoms with E-state index in [0.717, 1.165) is 5.69 Å². The molecule has 0 aliphatic carbocycles. The smallest absolute Gasteiger partial charge is 0.271 e. The predicted octanol–water partition coefficient (Wildman–Crippen LogP) is 2.50. The molecule has 152 valence electrons. The van der Waals surface area contributed by atoms with Gasteiger partial charge in [-0.1, -0.05) is 17.3 Å². The van der Waals surface area contributed by atoms with Crippen molar-refractivity contribution < 1.29 is 18.8 Å². The molecule has 0 fully saturated rings. The third-order valence-corrected chi connectivity index (χ3v) is 4.57. The lowest BCUT2D eigenvalue weighted by Gasteiger charge is -2.10. The minimum absolute atomic E-state index is 0.253. The Balaban J connectivity index is 1.37. The lowest BCUT2D eigenvalue weighted by Crippen LogP contribution is -2.28. The Morgan fingerprint density at radius 1 is 1.17 bits per heavy atom. The summed E-state index contributed by atoms with van der Waals surface area (Å²) in [6.45, 7) is 0. The molecule has 0 radical (unpaired) electrons. The van der Waals surface area contributed by atoms with Crippen molar-refractivity contribution in [3.05, 3.63) is 77.9 Å². The molecule has 1 aromatic heterocycles. The average molecular weight is 407 g/mol. The van der Waals surface area contributed by atoms with Gasteiger partial charge >= 0.3 is 0 Å². The van der Waals surface area contributed by atoms with Gasteiger partial charge in [0.25, 0.3) is 11.8 Å². The first kappa shape index (κ1) is 19.3. The first-order valence-corrected chi connectivity index (χ1v) is 9.21. The van der Waals surface area contributed by atoms with Gasteiger partial charge in [-0.3, -0.25) is 9.59 Å². The zero-order chi connectivity index (χ0) is 21.1. The van der Waals surface area contributed by atoms with Gasteiger partial charge in [0.1, 0.15) is 5.82 Å². The summed E-state index contributed by atoms with van der Waals surface area (Å²) in [6.07, 6.45) is 1.14. The molecule has 1 atom stereocenters. The highest BCUT2D eigenvalue weighted by molar-refractivity contribution is 6.06. The first-order chi connectivity index (χ1) is 14.5. The minimum atomic E-state index is -0.788. The van der Waals surface area contributed by atoms with Crippen LogP contribution in [-0.2, 0) is 9.63 Å². The third kappa shape index (κ3) is 4.04. The standard InChI is InChI=1S/C21H18FN5O3/c1-23-20(28)17-9-10-27(25-17)16-7-5-15(6-8-16)24-21(29)19-12-18(26-30-19)13-3-2-4-14(22)11-13/h2-11,19H,12H2,1H3,(H,23,28)(H,24,29)/t19-/m1/s1. The van der Waals surface area contributed by atoms with Gasteiger partial charge in [-0.25, -0.2) is 9.07 Å². The normalized spacial score (nSPS) is 15.3. The lowest BCUT2D eigenvalue weighted by molar-refractivity contribution is -0.125. The number of nitrogens with zero attached hydrogens (tertiary/aromatic N) is 3. The van der Waals surface area contributed by atoms with Crippen molar-refractivity contribution in [2.45, 2.75) is 12.5 Å².